The van der Waals surface area contributed by atoms with E-state index in [9.17, 15) is 9.59 Å². The summed E-state index contributed by atoms with van der Waals surface area (Å²) in [6, 6.07) is 1.56. The van der Waals surface area contributed by atoms with E-state index < -0.39 is 11.5 Å². The maximum atomic E-state index is 12.5. The highest BCUT2D eigenvalue weighted by molar-refractivity contribution is 7.12. The van der Waals surface area contributed by atoms with E-state index in [2.05, 4.69) is 11.4 Å². The molecule has 0 bridgehead atoms. The third-order valence-corrected chi connectivity index (χ3v) is 5.07. The lowest BCUT2D eigenvalue weighted by molar-refractivity contribution is 0.0695. The number of thiophene rings is 1. The van der Waals surface area contributed by atoms with Gasteiger partial charge in [0.05, 0.1) is 11.1 Å². The van der Waals surface area contributed by atoms with Crippen molar-refractivity contribution in [2.75, 3.05) is 0 Å². The van der Waals surface area contributed by atoms with E-state index in [0.717, 1.165) is 16.9 Å². The molecule has 2 N–H and O–H groups in total. The van der Waals surface area contributed by atoms with Crippen LogP contribution in [0.1, 0.15) is 47.7 Å². The van der Waals surface area contributed by atoms with Crippen molar-refractivity contribution in [3.63, 3.8) is 0 Å². The van der Waals surface area contributed by atoms with E-state index in [-0.39, 0.29) is 22.3 Å². The second-order valence-electron chi connectivity index (χ2n) is 5.65. The molecule has 2 atom stereocenters. The molecule has 0 fully saturated rings. The minimum absolute atomic E-state index is 0.0768. The Hall–Kier alpha value is -1.88. The predicted octanol–water partition coefficient (Wildman–Crippen LogP) is 3.48. The summed E-state index contributed by atoms with van der Waals surface area (Å²) in [4.78, 5) is 23.7. The molecule has 0 aromatic carbocycles. The second kappa shape index (κ2) is 5.48. The molecule has 1 aromatic heterocycles. The standard InChI is InChI=1S/C16H19NO3S/c1-9-7-10(2)16(4,11(3)8-9)17-14(18)12-5-6-21-13(12)15(19)20/h5-8,10H,1-4H3,(H,17,18)(H,19,20). The second-order valence-corrected chi connectivity index (χ2v) is 6.57. The zero-order chi connectivity index (χ0) is 15.8. The average Bonchev–Trinajstić information content (AvgIpc) is 2.85. The van der Waals surface area contributed by atoms with Crippen molar-refractivity contribution in [1.29, 1.82) is 0 Å². The number of aromatic carboxylic acids is 1. The van der Waals surface area contributed by atoms with Crippen LogP contribution in [0.3, 0.4) is 0 Å². The van der Waals surface area contributed by atoms with E-state index in [4.69, 9.17) is 5.11 Å². The molecule has 21 heavy (non-hydrogen) atoms. The van der Waals surface area contributed by atoms with Crippen molar-refractivity contribution >= 4 is 23.2 Å². The van der Waals surface area contributed by atoms with Crippen molar-refractivity contribution in [3.8, 4) is 0 Å². The molecule has 1 amide bonds. The molecule has 2 unspecified atom stereocenters. The van der Waals surface area contributed by atoms with Gasteiger partial charge in [0.2, 0.25) is 0 Å². The highest BCUT2D eigenvalue weighted by atomic mass is 32.1. The minimum Gasteiger partial charge on any atom is -0.477 e. The third-order valence-electron chi connectivity index (χ3n) is 4.16. The molecule has 4 nitrogen and oxygen atoms in total. The number of carboxylic acid groups (broad SMARTS) is 1. The molecule has 0 saturated carbocycles. The molecule has 112 valence electrons. The van der Waals surface area contributed by atoms with Crippen molar-refractivity contribution in [3.05, 3.63) is 45.2 Å². The smallest absolute Gasteiger partial charge is 0.346 e. The van der Waals surface area contributed by atoms with Crippen molar-refractivity contribution in [2.24, 2.45) is 5.92 Å². The molecule has 1 aliphatic rings. The quantitative estimate of drug-likeness (QED) is 0.898. The first-order valence-corrected chi connectivity index (χ1v) is 7.64. The van der Waals surface area contributed by atoms with Gasteiger partial charge in [-0.1, -0.05) is 24.6 Å². The van der Waals surface area contributed by atoms with Crippen LogP contribution in [0.4, 0.5) is 0 Å². The molecule has 0 spiro atoms. The summed E-state index contributed by atoms with van der Waals surface area (Å²) >= 11 is 1.06. The van der Waals surface area contributed by atoms with Crippen LogP contribution in [-0.4, -0.2) is 22.5 Å². The maximum absolute atomic E-state index is 12.5. The van der Waals surface area contributed by atoms with Gasteiger partial charge < -0.3 is 10.4 Å². The van der Waals surface area contributed by atoms with Crippen LogP contribution in [0.25, 0.3) is 0 Å². The number of hydrogen-bond donors (Lipinski definition) is 2. The monoisotopic (exact) mass is 305 g/mol. The first-order chi connectivity index (χ1) is 9.75. The Balaban J connectivity index is 2.29. The van der Waals surface area contributed by atoms with Crippen molar-refractivity contribution < 1.29 is 14.7 Å². The van der Waals surface area contributed by atoms with Crippen LogP contribution >= 0.6 is 11.3 Å². The van der Waals surface area contributed by atoms with Crippen LogP contribution < -0.4 is 5.32 Å². The molecular weight excluding hydrogens is 286 g/mol. The molecule has 1 aromatic rings. The number of carbonyl (C=O) groups excluding carboxylic acids is 1. The summed E-state index contributed by atoms with van der Waals surface area (Å²) in [5.74, 6) is -1.28. The minimum atomic E-state index is -1.07. The van der Waals surface area contributed by atoms with Crippen molar-refractivity contribution in [2.45, 2.75) is 33.2 Å². The number of allylic oxidation sites excluding steroid dienone is 2. The van der Waals surface area contributed by atoms with Gasteiger partial charge in [0.15, 0.2) is 0 Å². The van der Waals surface area contributed by atoms with Gasteiger partial charge >= 0.3 is 5.97 Å². The molecule has 0 radical (unpaired) electrons. The molecule has 0 saturated heterocycles. The number of hydrogen-bond acceptors (Lipinski definition) is 3. The summed E-state index contributed by atoms with van der Waals surface area (Å²) in [5, 5.41) is 13.7. The number of carboxylic acids is 1. The lowest BCUT2D eigenvalue weighted by atomic mass is 9.76. The Morgan fingerprint density at radius 2 is 2.05 bits per heavy atom. The lowest BCUT2D eigenvalue weighted by Crippen LogP contribution is -2.52. The maximum Gasteiger partial charge on any atom is 0.346 e. The van der Waals surface area contributed by atoms with Crippen LogP contribution in [0.2, 0.25) is 0 Å². The topological polar surface area (TPSA) is 66.4 Å². The zero-order valence-corrected chi connectivity index (χ0v) is 13.4. The van der Waals surface area contributed by atoms with Gasteiger partial charge in [-0.3, -0.25) is 4.79 Å². The van der Waals surface area contributed by atoms with Crippen LogP contribution in [0.15, 0.2) is 34.7 Å². The van der Waals surface area contributed by atoms with E-state index in [1.54, 1.807) is 11.4 Å². The van der Waals surface area contributed by atoms with Crippen LogP contribution in [0.5, 0.6) is 0 Å². The van der Waals surface area contributed by atoms with E-state index in [1.807, 2.05) is 33.8 Å². The third kappa shape index (κ3) is 2.78. The molecule has 0 aliphatic heterocycles. The van der Waals surface area contributed by atoms with Gasteiger partial charge in [-0.05, 0) is 37.8 Å². The Kier molecular flexibility index (Phi) is 4.05. The normalized spacial score (nSPS) is 25.0. The molecule has 1 aliphatic carbocycles. The number of amides is 1. The SMILES string of the molecule is CC1=CC(C)C(C)(NC(=O)c2ccsc2C(=O)O)C(C)=C1. The Bertz CT molecular complexity index is 656. The summed E-state index contributed by atoms with van der Waals surface area (Å²) in [5.41, 5.74) is 1.96. The Morgan fingerprint density at radius 1 is 1.38 bits per heavy atom. The highest BCUT2D eigenvalue weighted by Gasteiger charge is 2.36. The zero-order valence-electron chi connectivity index (χ0n) is 12.6. The van der Waals surface area contributed by atoms with Gasteiger partial charge in [-0.2, -0.15) is 0 Å². The van der Waals surface area contributed by atoms with Crippen LogP contribution in [0, 0.1) is 5.92 Å². The van der Waals surface area contributed by atoms with E-state index in [1.165, 1.54) is 5.57 Å². The summed E-state index contributed by atoms with van der Waals surface area (Å²) in [6.45, 7) is 8.03. The number of rotatable bonds is 3. The summed E-state index contributed by atoms with van der Waals surface area (Å²) < 4.78 is 0. The fraction of sp³-hybridized carbons (Fsp3) is 0.375. The molecule has 5 heteroatoms. The summed E-state index contributed by atoms with van der Waals surface area (Å²) in [6.07, 6.45) is 4.16. The first-order valence-electron chi connectivity index (χ1n) is 6.76. The van der Waals surface area contributed by atoms with Gasteiger partial charge in [0.25, 0.3) is 5.91 Å². The fourth-order valence-corrected chi connectivity index (χ4v) is 3.36. The first kappa shape index (κ1) is 15.5. The Morgan fingerprint density at radius 3 is 2.62 bits per heavy atom. The number of carbonyl (C=O) groups is 2. The fourth-order valence-electron chi connectivity index (χ4n) is 2.63. The lowest BCUT2D eigenvalue weighted by Gasteiger charge is -2.39. The van der Waals surface area contributed by atoms with Gasteiger partial charge in [0, 0.05) is 5.92 Å². The van der Waals surface area contributed by atoms with Gasteiger partial charge in [-0.25, -0.2) is 4.79 Å². The van der Waals surface area contributed by atoms with Crippen LogP contribution in [-0.2, 0) is 0 Å². The summed E-state index contributed by atoms with van der Waals surface area (Å²) in [7, 11) is 0. The average molecular weight is 305 g/mol. The Labute approximate surface area is 128 Å². The highest BCUT2D eigenvalue weighted by Crippen LogP contribution is 2.33. The largest absolute Gasteiger partial charge is 0.477 e. The van der Waals surface area contributed by atoms with E-state index in [0.29, 0.717) is 0 Å². The number of nitrogens with one attached hydrogen (secondary N) is 1. The van der Waals surface area contributed by atoms with E-state index >= 15 is 0 Å². The van der Waals surface area contributed by atoms with Gasteiger partial charge in [-0.15, -0.1) is 11.3 Å². The molecule has 2 rings (SSSR count). The molecule has 1 heterocycles. The molecular formula is C16H19NO3S. The predicted molar refractivity (Wildman–Crippen MR) is 83.8 cm³/mol. The van der Waals surface area contributed by atoms with Crippen molar-refractivity contribution in [1.82, 2.24) is 5.32 Å². The van der Waals surface area contributed by atoms with Gasteiger partial charge in [0.1, 0.15) is 4.88 Å².